The van der Waals surface area contributed by atoms with Gasteiger partial charge < -0.3 is 0 Å². The van der Waals surface area contributed by atoms with Crippen molar-refractivity contribution in [3.8, 4) is 0 Å². The van der Waals surface area contributed by atoms with Crippen molar-refractivity contribution in [3.63, 3.8) is 0 Å². The molecule has 0 heterocycles. The molecule has 0 saturated heterocycles. The molecule has 1 rings (SSSR count). The summed E-state index contributed by atoms with van der Waals surface area (Å²) in [6.45, 7) is 3.88. The number of carbonyl (C=O) groups is 1. The Labute approximate surface area is 79.8 Å². The van der Waals surface area contributed by atoms with Gasteiger partial charge >= 0.3 is 0 Å². The fourth-order valence-electron chi connectivity index (χ4n) is 1.18. The quantitative estimate of drug-likeness (QED) is 0.475. The first-order valence-corrected chi connectivity index (χ1v) is 4.79. The van der Waals surface area contributed by atoms with Crippen molar-refractivity contribution in [3.05, 3.63) is 36.0 Å². The summed E-state index contributed by atoms with van der Waals surface area (Å²) in [6, 6.07) is 0. The Kier molecular flexibility index (Phi) is 3.69. The maximum atomic E-state index is 11.6. The van der Waals surface area contributed by atoms with Crippen LogP contribution in [-0.2, 0) is 4.79 Å². The van der Waals surface area contributed by atoms with Gasteiger partial charge in [-0.15, -0.1) is 0 Å². The number of carbonyl (C=O) groups excluding carboxylic acids is 1. The Morgan fingerprint density at radius 3 is 2.38 bits per heavy atom. The summed E-state index contributed by atoms with van der Waals surface area (Å²) in [5.74, 6) is 0.615. The molecule has 0 radical (unpaired) electrons. The second kappa shape index (κ2) is 4.80. The lowest BCUT2D eigenvalue weighted by atomic mass is 10.1. The van der Waals surface area contributed by atoms with Gasteiger partial charge in [-0.25, -0.2) is 0 Å². The van der Waals surface area contributed by atoms with Gasteiger partial charge in [0.05, 0.1) is 0 Å². The van der Waals surface area contributed by atoms with Crippen molar-refractivity contribution in [2.24, 2.45) is 5.92 Å². The molecule has 1 nitrogen and oxygen atoms in total. The first kappa shape index (κ1) is 9.97. The number of Topliss-reactive ketones (excluding diaryl/α,β-unsaturated/α-hetero) is 1. The molecule has 0 aliphatic heterocycles. The molecule has 0 amide bonds. The second-order valence-electron chi connectivity index (χ2n) is 3.29. The Morgan fingerprint density at radius 1 is 1.23 bits per heavy atom. The normalized spacial score (nSPS) is 18.8. The Balaban J connectivity index is 2.70. The van der Waals surface area contributed by atoms with Gasteiger partial charge in [0.1, 0.15) is 0 Å². The third-order valence-corrected chi connectivity index (χ3v) is 2.05. The average molecular weight is 176 g/mol. The molecule has 1 aliphatic rings. The molecule has 0 N–H and O–H groups in total. The van der Waals surface area contributed by atoms with E-state index in [0.717, 1.165) is 18.4 Å². The summed E-state index contributed by atoms with van der Waals surface area (Å²) >= 11 is 0. The minimum atomic E-state index is 0.302. The van der Waals surface area contributed by atoms with E-state index in [4.69, 9.17) is 0 Å². The lowest BCUT2D eigenvalue weighted by Crippen LogP contribution is -2.02. The van der Waals surface area contributed by atoms with E-state index in [1.807, 2.05) is 44.2 Å². The third kappa shape index (κ3) is 3.02. The first-order chi connectivity index (χ1) is 6.29. The summed E-state index contributed by atoms with van der Waals surface area (Å²) in [5, 5.41) is 0. The van der Waals surface area contributed by atoms with Gasteiger partial charge in [-0.05, 0) is 26.7 Å². The van der Waals surface area contributed by atoms with Gasteiger partial charge in [0, 0.05) is 11.5 Å². The number of hydrogen-bond acceptors (Lipinski definition) is 1. The second-order valence-corrected chi connectivity index (χ2v) is 3.29. The average Bonchev–Trinajstić information content (AvgIpc) is 2.94. The van der Waals surface area contributed by atoms with Gasteiger partial charge in [-0.1, -0.05) is 30.4 Å². The molecule has 0 aromatic heterocycles. The van der Waals surface area contributed by atoms with Crippen molar-refractivity contribution < 1.29 is 4.79 Å². The van der Waals surface area contributed by atoms with Gasteiger partial charge in [-0.3, -0.25) is 4.79 Å². The molecule has 0 spiro atoms. The van der Waals surface area contributed by atoms with E-state index >= 15 is 0 Å². The van der Waals surface area contributed by atoms with E-state index in [1.54, 1.807) is 0 Å². The van der Waals surface area contributed by atoms with E-state index in [9.17, 15) is 4.79 Å². The first-order valence-electron chi connectivity index (χ1n) is 4.79. The Bertz CT molecular complexity index is 265. The van der Waals surface area contributed by atoms with Gasteiger partial charge in [0.15, 0.2) is 5.78 Å². The minimum Gasteiger partial charge on any atom is -0.294 e. The molecule has 70 valence electrons. The number of ketones is 1. The van der Waals surface area contributed by atoms with Crippen molar-refractivity contribution in [2.75, 3.05) is 0 Å². The molecule has 0 bridgehead atoms. The standard InChI is InChI=1S/C12H16O/c1-3-5-7-10(6-4-2)12(13)11-8-9-11/h3-7,11H,8-9H2,1-2H3/b5-3-,6-4-,10-7+. The third-order valence-electron chi connectivity index (χ3n) is 2.05. The maximum absolute atomic E-state index is 11.6. The van der Waals surface area contributed by atoms with Crippen LogP contribution in [0.1, 0.15) is 26.7 Å². The topological polar surface area (TPSA) is 17.1 Å². The number of rotatable bonds is 4. The molecule has 0 unspecified atom stereocenters. The van der Waals surface area contributed by atoms with Crippen LogP contribution in [0.3, 0.4) is 0 Å². The molecular formula is C12H16O. The van der Waals surface area contributed by atoms with Crippen LogP contribution in [0.25, 0.3) is 0 Å². The molecule has 13 heavy (non-hydrogen) atoms. The van der Waals surface area contributed by atoms with E-state index in [2.05, 4.69) is 0 Å². The molecule has 1 saturated carbocycles. The van der Waals surface area contributed by atoms with Crippen LogP contribution in [-0.4, -0.2) is 5.78 Å². The summed E-state index contributed by atoms with van der Waals surface area (Å²) in [4.78, 5) is 11.6. The molecule has 0 atom stereocenters. The highest BCUT2D eigenvalue weighted by molar-refractivity contribution is 6.01. The lowest BCUT2D eigenvalue weighted by molar-refractivity contribution is -0.116. The Morgan fingerprint density at radius 2 is 1.92 bits per heavy atom. The molecular weight excluding hydrogens is 160 g/mol. The van der Waals surface area contributed by atoms with Gasteiger partial charge in [0.25, 0.3) is 0 Å². The predicted octanol–water partition coefficient (Wildman–Crippen LogP) is 3.04. The largest absolute Gasteiger partial charge is 0.294 e. The van der Waals surface area contributed by atoms with Crippen LogP contribution in [0.15, 0.2) is 36.0 Å². The maximum Gasteiger partial charge on any atom is 0.165 e. The predicted molar refractivity (Wildman–Crippen MR) is 55.4 cm³/mol. The lowest BCUT2D eigenvalue weighted by Gasteiger charge is -1.96. The van der Waals surface area contributed by atoms with Crippen LogP contribution in [0.4, 0.5) is 0 Å². The summed E-state index contributed by atoms with van der Waals surface area (Å²) in [6.07, 6.45) is 11.7. The van der Waals surface area contributed by atoms with Crippen LogP contribution < -0.4 is 0 Å². The summed E-state index contributed by atoms with van der Waals surface area (Å²) in [7, 11) is 0. The highest BCUT2D eigenvalue weighted by Gasteiger charge is 2.30. The molecule has 1 aliphatic carbocycles. The fourth-order valence-corrected chi connectivity index (χ4v) is 1.18. The highest BCUT2D eigenvalue weighted by atomic mass is 16.1. The number of allylic oxidation sites excluding steroid dienone is 6. The number of hydrogen-bond donors (Lipinski definition) is 0. The molecule has 1 fully saturated rings. The van der Waals surface area contributed by atoms with Gasteiger partial charge in [0.2, 0.25) is 0 Å². The smallest absolute Gasteiger partial charge is 0.165 e. The molecule has 0 aromatic carbocycles. The van der Waals surface area contributed by atoms with E-state index in [-0.39, 0.29) is 0 Å². The summed E-state index contributed by atoms with van der Waals surface area (Å²) < 4.78 is 0. The fraction of sp³-hybridized carbons (Fsp3) is 0.417. The van der Waals surface area contributed by atoms with Crippen LogP contribution >= 0.6 is 0 Å². The van der Waals surface area contributed by atoms with E-state index in [1.165, 1.54) is 0 Å². The summed E-state index contributed by atoms with van der Waals surface area (Å²) in [5.41, 5.74) is 0.836. The van der Waals surface area contributed by atoms with Crippen molar-refractivity contribution >= 4 is 5.78 Å². The van der Waals surface area contributed by atoms with Crippen molar-refractivity contribution in [1.29, 1.82) is 0 Å². The Hall–Kier alpha value is -1.11. The molecule has 1 heteroatoms. The van der Waals surface area contributed by atoms with Crippen LogP contribution in [0.5, 0.6) is 0 Å². The van der Waals surface area contributed by atoms with Crippen molar-refractivity contribution in [2.45, 2.75) is 26.7 Å². The van der Waals surface area contributed by atoms with Crippen LogP contribution in [0, 0.1) is 5.92 Å². The monoisotopic (exact) mass is 176 g/mol. The molecule has 0 aromatic rings. The SMILES string of the molecule is C\C=C/C=C(\C=C/C)C(=O)C1CC1. The van der Waals surface area contributed by atoms with E-state index < -0.39 is 0 Å². The highest BCUT2D eigenvalue weighted by Crippen LogP contribution is 2.32. The zero-order chi connectivity index (χ0) is 9.68. The van der Waals surface area contributed by atoms with E-state index in [0.29, 0.717) is 11.7 Å². The van der Waals surface area contributed by atoms with Gasteiger partial charge in [-0.2, -0.15) is 0 Å². The zero-order valence-electron chi connectivity index (χ0n) is 8.29. The van der Waals surface area contributed by atoms with Crippen molar-refractivity contribution in [1.82, 2.24) is 0 Å². The minimum absolute atomic E-state index is 0.302. The van der Waals surface area contributed by atoms with Crippen LogP contribution in [0.2, 0.25) is 0 Å². The zero-order valence-corrected chi connectivity index (χ0v) is 8.29.